The Morgan fingerprint density at radius 2 is 2.00 bits per heavy atom. The SMILES string of the molecule is CC(=O)N1CCC(Nc2cc(-c3ccc4cc(C#N)cnn34)ncc2C(=O)NCC(F)C(C)(C)O)CC1. The van der Waals surface area contributed by atoms with Gasteiger partial charge >= 0.3 is 0 Å². The fourth-order valence-corrected chi connectivity index (χ4v) is 4.24. The Labute approximate surface area is 214 Å². The van der Waals surface area contributed by atoms with Crippen LogP contribution in [0.1, 0.15) is 49.5 Å². The molecule has 0 radical (unpaired) electrons. The molecule has 0 aromatic carbocycles. The molecule has 1 fully saturated rings. The average molecular weight is 508 g/mol. The van der Waals surface area contributed by atoms with Crippen LogP contribution >= 0.6 is 0 Å². The number of nitriles is 1. The topological polar surface area (TPSA) is 136 Å². The Bertz CT molecular complexity index is 1350. The van der Waals surface area contributed by atoms with Crippen molar-refractivity contribution in [2.75, 3.05) is 25.0 Å². The lowest BCUT2D eigenvalue weighted by Crippen LogP contribution is -2.43. The van der Waals surface area contributed by atoms with Gasteiger partial charge in [-0.25, -0.2) is 8.91 Å². The summed E-state index contributed by atoms with van der Waals surface area (Å²) in [7, 11) is 0. The highest BCUT2D eigenvalue weighted by atomic mass is 19.1. The summed E-state index contributed by atoms with van der Waals surface area (Å²) in [5.41, 5.74) is 1.56. The maximum Gasteiger partial charge on any atom is 0.255 e. The van der Waals surface area contributed by atoms with Gasteiger partial charge in [-0.2, -0.15) is 10.4 Å². The zero-order chi connectivity index (χ0) is 26.7. The summed E-state index contributed by atoms with van der Waals surface area (Å²) in [6, 6.07) is 9.21. The molecular weight excluding hydrogens is 477 g/mol. The van der Waals surface area contributed by atoms with Crippen LogP contribution in [-0.2, 0) is 4.79 Å². The summed E-state index contributed by atoms with van der Waals surface area (Å²) in [5, 5.41) is 29.3. The molecule has 0 spiro atoms. The van der Waals surface area contributed by atoms with Crippen molar-refractivity contribution < 1.29 is 19.1 Å². The average Bonchev–Trinajstić information content (AvgIpc) is 3.30. The molecule has 194 valence electrons. The molecule has 1 aliphatic heterocycles. The summed E-state index contributed by atoms with van der Waals surface area (Å²) in [5.74, 6) is -0.490. The van der Waals surface area contributed by atoms with Crippen molar-refractivity contribution in [1.82, 2.24) is 24.8 Å². The number of anilines is 1. The van der Waals surface area contributed by atoms with Gasteiger partial charge in [0.05, 0.1) is 52.1 Å². The van der Waals surface area contributed by atoms with E-state index in [2.05, 4.69) is 26.8 Å². The second-order valence-electron chi connectivity index (χ2n) is 9.78. The number of amides is 2. The van der Waals surface area contributed by atoms with E-state index in [0.29, 0.717) is 48.6 Å². The van der Waals surface area contributed by atoms with Gasteiger partial charge in [-0.1, -0.05) is 0 Å². The molecule has 1 aliphatic rings. The fraction of sp³-hybridized carbons (Fsp3) is 0.423. The Morgan fingerprint density at radius 1 is 1.27 bits per heavy atom. The van der Waals surface area contributed by atoms with Crippen LogP contribution in [0.25, 0.3) is 16.9 Å². The highest BCUT2D eigenvalue weighted by Crippen LogP contribution is 2.27. The standard InChI is InChI=1S/C26H30FN7O3/c1-16(35)33-8-6-18(7-9-33)32-21-11-22(23-5-4-19-10-17(12-28)13-31-34(19)23)29-14-20(21)25(36)30-15-24(27)26(2,3)37/h4-5,10-11,13-14,18,24,37H,6-9,15H2,1-3H3,(H,29,32)(H,30,36). The van der Waals surface area contributed by atoms with E-state index in [-0.39, 0.29) is 24.1 Å². The van der Waals surface area contributed by atoms with E-state index in [1.54, 1.807) is 28.5 Å². The molecule has 0 bridgehead atoms. The maximum absolute atomic E-state index is 14.3. The van der Waals surface area contributed by atoms with Crippen LogP contribution in [0.15, 0.2) is 36.7 Å². The molecule has 3 aromatic rings. The van der Waals surface area contributed by atoms with Gasteiger partial charge in [0.2, 0.25) is 5.91 Å². The Morgan fingerprint density at radius 3 is 2.65 bits per heavy atom. The van der Waals surface area contributed by atoms with Crippen LogP contribution in [0.2, 0.25) is 0 Å². The number of rotatable bonds is 7. The summed E-state index contributed by atoms with van der Waals surface area (Å²) in [6.07, 6.45) is 2.66. The number of fused-ring (bicyclic) bond motifs is 1. The van der Waals surface area contributed by atoms with Crippen LogP contribution in [0, 0.1) is 11.3 Å². The second-order valence-corrected chi connectivity index (χ2v) is 9.78. The van der Waals surface area contributed by atoms with Gasteiger partial charge in [-0.05, 0) is 51.0 Å². The molecule has 3 N–H and O–H groups in total. The van der Waals surface area contributed by atoms with Crippen LogP contribution in [0.4, 0.5) is 10.1 Å². The molecule has 0 saturated carbocycles. The van der Waals surface area contributed by atoms with Crippen LogP contribution in [0.3, 0.4) is 0 Å². The van der Waals surface area contributed by atoms with Gasteiger partial charge in [0.15, 0.2) is 0 Å². The molecule has 0 aliphatic carbocycles. The third kappa shape index (κ3) is 5.86. The number of hydrogen-bond acceptors (Lipinski definition) is 7. The third-order valence-corrected chi connectivity index (χ3v) is 6.55. The Hall–Kier alpha value is -4.04. The van der Waals surface area contributed by atoms with Gasteiger partial charge in [-0.15, -0.1) is 0 Å². The minimum absolute atomic E-state index is 0.0167. The van der Waals surface area contributed by atoms with Crippen molar-refractivity contribution in [2.45, 2.75) is 51.4 Å². The number of halogens is 1. The molecule has 1 unspecified atom stereocenters. The smallest absolute Gasteiger partial charge is 0.255 e. The van der Waals surface area contributed by atoms with Gasteiger partial charge in [0, 0.05) is 32.3 Å². The van der Waals surface area contributed by atoms with E-state index in [1.165, 1.54) is 26.2 Å². The van der Waals surface area contributed by atoms with Gasteiger partial charge in [0.25, 0.3) is 5.91 Å². The predicted octanol–water partition coefficient (Wildman–Crippen LogP) is 2.53. The van der Waals surface area contributed by atoms with Crippen molar-refractivity contribution in [3.05, 3.63) is 47.8 Å². The lowest BCUT2D eigenvalue weighted by atomic mass is 10.0. The van der Waals surface area contributed by atoms with E-state index in [4.69, 9.17) is 5.26 Å². The van der Waals surface area contributed by atoms with E-state index in [1.807, 2.05) is 12.1 Å². The van der Waals surface area contributed by atoms with E-state index in [0.717, 1.165) is 5.52 Å². The highest BCUT2D eigenvalue weighted by molar-refractivity contribution is 6.00. The zero-order valence-corrected chi connectivity index (χ0v) is 21.0. The summed E-state index contributed by atoms with van der Waals surface area (Å²) in [6.45, 7) is 5.10. The lowest BCUT2D eigenvalue weighted by Gasteiger charge is -2.32. The number of piperidine rings is 1. The zero-order valence-electron chi connectivity index (χ0n) is 21.0. The summed E-state index contributed by atoms with van der Waals surface area (Å²) < 4.78 is 15.9. The van der Waals surface area contributed by atoms with Crippen molar-refractivity contribution in [3.63, 3.8) is 0 Å². The number of carbonyl (C=O) groups excluding carboxylic acids is 2. The molecule has 1 saturated heterocycles. The number of likely N-dealkylation sites (tertiary alicyclic amines) is 1. The first kappa shape index (κ1) is 26.0. The number of pyridine rings is 1. The van der Waals surface area contributed by atoms with Crippen LogP contribution in [0.5, 0.6) is 0 Å². The van der Waals surface area contributed by atoms with Crippen molar-refractivity contribution >= 4 is 23.0 Å². The number of aliphatic hydroxyl groups is 1. The second kappa shape index (κ2) is 10.5. The van der Waals surface area contributed by atoms with E-state index >= 15 is 0 Å². The van der Waals surface area contributed by atoms with Crippen molar-refractivity contribution in [3.8, 4) is 17.5 Å². The molecule has 10 nitrogen and oxygen atoms in total. The number of nitrogens with one attached hydrogen (secondary N) is 2. The molecule has 4 heterocycles. The Kier molecular flexibility index (Phi) is 7.40. The lowest BCUT2D eigenvalue weighted by molar-refractivity contribution is -0.129. The minimum Gasteiger partial charge on any atom is -0.387 e. The van der Waals surface area contributed by atoms with Gasteiger partial charge in [0.1, 0.15) is 12.2 Å². The fourth-order valence-electron chi connectivity index (χ4n) is 4.24. The Balaban J connectivity index is 1.63. The number of carbonyl (C=O) groups is 2. The highest BCUT2D eigenvalue weighted by Gasteiger charge is 2.28. The molecule has 2 amide bonds. The van der Waals surface area contributed by atoms with Crippen LogP contribution in [-0.4, -0.2) is 73.9 Å². The molecular formula is C26H30FN7O3. The van der Waals surface area contributed by atoms with Crippen molar-refractivity contribution in [2.24, 2.45) is 0 Å². The number of nitrogens with zero attached hydrogens (tertiary/aromatic N) is 5. The summed E-state index contributed by atoms with van der Waals surface area (Å²) >= 11 is 0. The quantitative estimate of drug-likeness (QED) is 0.447. The maximum atomic E-state index is 14.3. The number of hydrogen-bond donors (Lipinski definition) is 3. The number of aromatic nitrogens is 3. The third-order valence-electron chi connectivity index (χ3n) is 6.55. The van der Waals surface area contributed by atoms with E-state index < -0.39 is 17.7 Å². The molecule has 37 heavy (non-hydrogen) atoms. The number of alkyl halides is 1. The molecule has 3 aromatic heterocycles. The van der Waals surface area contributed by atoms with Crippen LogP contribution < -0.4 is 10.6 Å². The summed E-state index contributed by atoms with van der Waals surface area (Å²) in [4.78, 5) is 31.0. The van der Waals surface area contributed by atoms with Gasteiger partial charge < -0.3 is 20.6 Å². The monoisotopic (exact) mass is 507 g/mol. The van der Waals surface area contributed by atoms with Gasteiger partial charge in [-0.3, -0.25) is 14.6 Å². The molecule has 1 atom stereocenters. The first-order valence-electron chi connectivity index (χ1n) is 12.1. The van der Waals surface area contributed by atoms with E-state index in [9.17, 15) is 19.1 Å². The minimum atomic E-state index is -1.65. The first-order valence-corrected chi connectivity index (χ1v) is 12.1. The predicted molar refractivity (Wildman–Crippen MR) is 136 cm³/mol. The molecule has 4 rings (SSSR count). The largest absolute Gasteiger partial charge is 0.387 e. The molecule has 11 heteroatoms. The van der Waals surface area contributed by atoms with Crippen molar-refractivity contribution in [1.29, 1.82) is 5.26 Å². The normalized spacial score (nSPS) is 15.3. The first-order chi connectivity index (χ1) is 17.6.